The van der Waals surface area contributed by atoms with Gasteiger partial charge in [-0.25, -0.2) is 4.79 Å². The Morgan fingerprint density at radius 1 is 0.478 bits per heavy atom. The number of aliphatic hydroxyl groups excluding tert-OH is 12. The van der Waals surface area contributed by atoms with E-state index in [0.717, 1.165) is 72.8 Å². The van der Waals surface area contributed by atoms with Gasteiger partial charge >= 0.3 is 5.97 Å². The summed E-state index contributed by atoms with van der Waals surface area (Å²) < 4.78 is 76.1. The number of amides is 6. The summed E-state index contributed by atoms with van der Waals surface area (Å²) in [5, 5.41) is 208. The number of rotatable bonds is 18. The molecule has 5 saturated heterocycles. The van der Waals surface area contributed by atoms with Crippen LogP contribution in [0.1, 0.15) is 115 Å². The van der Waals surface area contributed by atoms with Gasteiger partial charge in [0.05, 0.1) is 53.8 Å². The first-order chi connectivity index (χ1) is 64.7. The van der Waals surface area contributed by atoms with Gasteiger partial charge in [0.1, 0.15) is 150 Å². The van der Waals surface area contributed by atoms with Crippen LogP contribution in [0.15, 0.2) is 127 Å². The summed E-state index contributed by atoms with van der Waals surface area (Å²) in [7, 11) is 1.33. The molecule has 0 spiro atoms. The topological polar surface area (TPSA) is 710 Å². The van der Waals surface area contributed by atoms with E-state index in [4.69, 9.17) is 91.5 Å². The van der Waals surface area contributed by atoms with Gasteiger partial charge in [-0.15, -0.1) is 0 Å². The van der Waals surface area contributed by atoms with Crippen molar-refractivity contribution in [2.75, 3.05) is 20.3 Å². The molecule has 732 valence electrons. The van der Waals surface area contributed by atoms with Crippen molar-refractivity contribution in [2.45, 2.75) is 229 Å². The number of hydrogen-bond donors (Lipinski definition) is 26. The van der Waals surface area contributed by atoms with E-state index in [9.17, 15) is 91.6 Å². The number of nitrogens with one attached hydrogen (secondary N) is 7. The number of aliphatic carboxylic acids is 1. The van der Waals surface area contributed by atoms with E-state index < -0.39 is 334 Å². The zero-order chi connectivity index (χ0) is 97.8. The van der Waals surface area contributed by atoms with Crippen molar-refractivity contribution in [3.63, 3.8) is 0 Å². The normalized spacial score (nSPS) is 34.0. The molecule has 10 heterocycles. The van der Waals surface area contributed by atoms with Crippen molar-refractivity contribution in [3.05, 3.63) is 176 Å². The highest BCUT2D eigenvalue weighted by Crippen LogP contribution is 2.51. The van der Waals surface area contributed by atoms with Gasteiger partial charge in [0.15, 0.2) is 42.5 Å². The Kier molecular flexibility index (Phi) is 30.2. The molecule has 17 rings (SSSR count). The lowest BCUT2D eigenvalue weighted by atomic mass is 9.89. The van der Waals surface area contributed by atoms with Crippen LogP contribution in [0.4, 0.5) is 0 Å². The van der Waals surface area contributed by atoms with Crippen LogP contribution in [-0.4, -0.2) is 302 Å². The van der Waals surface area contributed by atoms with Gasteiger partial charge < -0.3 is 192 Å². The quantitative estimate of drug-likeness (QED) is 0.0447. The third-order valence-electron chi connectivity index (χ3n) is 24.8. The Hall–Kier alpha value is -11.1. The minimum atomic E-state index is -2.49. The molecule has 32 atom stereocenters. The van der Waals surface area contributed by atoms with E-state index in [-0.39, 0.29) is 46.6 Å². The van der Waals surface area contributed by atoms with Crippen molar-refractivity contribution in [1.82, 2.24) is 37.2 Å². The van der Waals surface area contributed by atoms with Gasteiger partial charge in [0, 0.05) is 47.7 Å². The maximum absolute atomic E-state index is 16.9. The number of fused-ring (bicyclic) bond motifs is 15. The molecule has 0 aromatic heterocycles. The summed E-state index contributed by atoms with van der Waals surface area (Å²) in [4.78, 5) is 112. The standard InChI is InChI=1S/C89H101Cl2N9O36/c1-30-66(107)46(92)26-56(125-30)133-77-37-11-18-51(45(91)21-37)130-53-23-38-22-52(78(53)136-89-79(73(114)70(111)55(29-102)132-89)134-57-27-47(93)67(108)31(2)126-57)128-40-14-7-34(8-15-40)76(135-88-75(116)72(113)69(110)54(28-101)131-88)64(99-80(117)59(94-4)33-5-12-41(13-6-33)129-87-74(115)71(112)68(109)32(3)127-87)84(121)96-61(36-10-17-49(105)44(90)20-36)81(118)97-62(38)83(120)95-60-35-9-16-48(104)42(19-35)58-43(24-39(103)25-50(58)106)63(86(123)124)98-85(122)65(77)100-82(60)119/h5-25,30-32,46-47,54-57,59-77,79,87-89,94,101-116H,26-29,92-93H2,1-4H3,(H,95,120)(H,96,121)(H,97,118)(H,98,122)(H,99,117)(H,100,119)(H,123,124)/t30-,31-,32-,46+,47+,54+,55+,56-,57-,59+,60+,61-,62+,63-,64+,65-,66-,67-,68-,69+,70+,71+,72-,73-,74+,75-,76+,77+,79+,87-,88+,89-/m0/s1. The lowest BCUT2D eigenvalue weighted by Gasteiger charge is -2.44. The van der Waals surface area contributed by atoms with Crippen LogP contribution in [0.3, 0.4) is 0 Å². The Morgan fingerprint density at radius 2 is 1.01 bits per heavy atom. The van der Waals surface area contributed by atoms with Crippen molar-refractivity contribution in [3.8, 4) is 68.6 Å². The van der Waals surface area contributed by atoms with Gasteiger partial charge in [-0.05, 0) is 140 Å². The number of phenols is 4. The molecule has 45 nitrogen and oxygen atoms in total. The number of carbonyl (C=O) groups is 7. The van der Waals surface area contributed by atoms with E-state index in [0.29, 0.717) is 0 Å². The third-order valence-corrected chi connectivity index (χ3v) is 25.4. The number of carbonyl (C=O) groups excluding carboxylic acids is 6. The number of aromatic hydroxyl groups is 4. The molecular weight excluding hydrogens is 1840 g/mol. The lowest BCUT2D eigenvalue weighted by Crippen LogP contribution is -2.62. The molecular formula is C89H101Cl2N9O36. The number of benzene rings is 7. The molecule has 5 fully saturated rings. The Balaban J connectivity index is 0.957. The largest absolute Gasteiger partial charge is 0.508 e. The fraction of sp³-hybridized carbons (Fsp3) is 0.449. The van der Waals surface area contributed by atoms with Crippen LogP contribution >= 0.6 is 23.2 Å². The number of ether oxygens (including phenoxy) is 12. The average Bonchev–Trinajstić information content (AvgIpc) is 0.757. The van der Waals surface area contributed by atoms with E-state index in [1.807, 2.05) is 0 Å². The predicted octanol–water partition coefficient (Wildman–Crippen LogP) is -1.88. The third kappa shape index (κ3) is 20.6. The minimum Gasteiger partial charge on any atom is -0.508 e. The second-order valence-corrected chi connectivity index (χ2v) is 34.8. The number of nitrogens with two attached hydrogens (primary N) is 2. The molecule has 0 aliphatic carbocycles. The van der Waals surface area contributed by atoms with Crippen molar-refractivity contribution < 1.29 is 177 Å². The highest BCUT2D eigenvalue weighted by atomic mass is 35.5. The highest BCUT2D eigenvalue weighted by molar-refractivity contribution is 6.32. The molecule has 7 aromatic carbocycles. The molecule has 47 heteroatoms. The first-order valence-electron chi connectivity index (χ1n) is 42.9. The van der Waals surface area contributed by atoms with Crippen molar-refractivity contribution in [1.29, 1.82) is 0 Å². The molecule has 6 amide bonds. The van der Waals surface area contributed by atoms with Crippen LogP contribution in [0.2, 0.25) is 10.0 Å². The van der Waals surface area contributed by atoms with E-state index in [1.165, 1.54) is 82.4 Å². The second-order valence-electron chi connectivity index (χ2n) is 34.0. The summed E-state index contributed by atoms with van der Waals surface area (Å²) in [5.41, 5.74) is 9.48. The minimum absolute atomic E-state index is 0.00609. The Labute approximate surface area is 781 Å². The second kappa shape index (κ2) is 41.3. The fourth-order valence-corrected chi connectivity index (χ4v) is 17.7. The summed E-state index contributed by atoms with van der Waals surface area (Å²) in [6.07, 6.45) is -40.4. The average molecular weight is 1940 g/mol. The number of likely N-dealkylation sites (N-methyl/N-ethyl adjacent to an activating group) is 1. The van der Waals surface area contributed by atoms with Gasteiger partial charge in [-0.1, -0.05) is 65.7 Å². The monoisotopic (exact) mass is 1940 g/mol. The number of hydrogen-bond acceptors (Lipinski definition) is 38. The molecule has 10 aliphatic heterocycles. The van der Waals surface area contributed by atoms with Crippen LogP contribution in [0, 0.1) is 0 Å². The molecule has 0 saturated carbocycles. The summed E-state index contributed by atoms with van der Waals surface area (Å²) in [6.45, 7) is 2.24. The molecule has 0 unspecified atom stereocenters. The highest BCUT2D eigenvalue weighted by Gasteiger charge is 2.53. The van der Waals surface area contributed by atoms with Crippen LogP contribution in [-0.2, 0) is 71.5 Å². The number of halogens is 2. The zero-order valence-electron chi connectivity index (χ0n) is 72.2. The van der Waals surface area contributed by atoms with E-state index in [1.54, 1.807) is 0 Å². The van der Waals surface area contributed by atoms with Crippen molar-refractivity contribution >= 4 is 64.6 Å². The molecule has 28 N–H and O–H groups in total. The molecule has 11 bridgehead atoms. The molecule has 136 heavy (non-hydrogen) atoms. The predicted molar refractivity (Wildman–Crippen MR) is 461 cm³/mol. The van der Waals surface area contributed by atoms with Gasteiger partial charge in [-0.3, -0.25) is 28.8 Å². The maximum Gasteiger partial charge on any atom is 0.330 e. The van der Waals surface area contributed by atoms with Gasteiger partial charge in [0.2, 0.25) is 53.8 Å². The lowest BCUT2D eigenvalue weighted by molar-refractivity contribution is -0.330. The number of aliphatic hydroxyl groups is 12. The van der Waals surface area contributed by atoms with Crippen molar-refractivity contribution in [2.24, 2.45) is 11.5 Å². The Morgan fingerprint density at radius 3 is 1.62 bits per heavy atom. The Bertz CT molecular complexity index is 5560. The first-order valence-corrected chi connectivity index (χ1v) is 43.7. The first kappa shape index (κ1) is 99.4. The molecule has 7 aromatic rings. The summed E-state index contributed by atoms with van der Waals surface area (Å²) in [5.74, 6) is -16.3. The SMILES string of the molecule is CN[C@@H](C(=O)N[C@H]1C(=O)N[C@@H](c2ccc(O)c(Cl)c2)C(=O)N[C@H]2C(=O)N[C@H]3C(=O)N[C@H](C(=O)N[C@H](C(=O)O)c4cc(O)cc(O)c4-c4cc3ccc4O)[C@H](O[C@H]3C[C@@H](N)[C@@H](O)[C@H](C)O3)c3ccc(c(Cl)c3)Oc3cc2cc(c3O[C@@H]2O[C@H](CO)[C@@H](O)[C@H](O)[C@H]2O[C@H]2C[C@@H](N)[C@@H](O)[C@H](C)O2)Oc2ccc(cc2)[C@H]1O[C@H]1O[C@H](CO)[C@@H](O)[C@H](O)[C@@H]1O)c1ccc(O[C@@H]2O[C@@H](C)[C@H](O)[C@@H](O)[C@H]2O)cc1. The molecule has 10 aliphatic rings. The van der Waals surface area contributed by atoms with E-state index >= 15 is 28.8 Å². The number of phenolic OH excluding ortho intramolecular Hbond substituents is 4. The van der Waals surface area contributed by atoms with Crippen LogP contribution in [0.5, 0.6) is 57.5 Å². The number of carboxylic acid groups (broad SMARTS) is 1. The van der Waals surface area contributed by atoms with Gasteiger partial charge in [0.25, 0.3) is 0 Å². The zero-order valence-corrected chi connectivity index (χ0v) is 73.7. The summed E-state index contributed by atoms with van der Waals surface area (Å²) in [6, 6.07) is 5.55. The number of carboxylic acids is 1. The fourth-order valence-electron chi connectivity index (χ4n) is 17.2. The summed E-state index contributed by atoms with van der Waals surface area (Å²) >= 11 is 14.1. The van der Waals surface area contributed by atoms with Gasteiger partial charge in [-0.2, -0.15) is 0 Å². The molecule has 0 radical (unpaired) electrons. The van der Waals surface area contributed by atoms with Crippen LogP contribution < -0.4 is 67.6 Å². The van der Waals surface area contributed by atoms with Crippen LogP contribution in [0.25, 0.3) is 11.1 Å². The van der Waals surface area contributed by atoms with E-state index in [2.05, 4.69) is 37.2 Å². The smallest absolute Gasteiger partial charge is 0.330 e. The maximum atomic E-state index is 16.9.